The van der Waals surface area contributed by atoms with Gasteiger partial charge in [0.15, 0.2) is 0 Å². The van der Waals surface area contributed by atoms with E-state index in [1.165, 1.54) is 12.1 Å². The van der Waals surface area contributed by atoms with Crippen molar-refractivity contribution >= 4 is 23.2 Å². The van der Waals surface area contributed by atoms with Crippen LogP contribution < -0.4 is 5.73 Å². The number of carbonyl (C=O) groups is 1. The van der Waals surface area contributed by atoms with Crippen LogP contribution in [0.3, 0.4) is 0 Å². The van der Waals surface area contributed by atoms with Gasteiger partial charge in [-0.05, 0) is 41.5 Å². The van der Waals surface area contributed by atoms with E-state index in [1.54, 1.807) is 11.0 Å². The molecule has 1 heterocycles. The maximum absolute atomic E-state index is 13.8. The lowest BCUT2D eigenvalue weighted by atomic mass is 10.1. The molecule has 1 aliphatic rings. The van der Waals surface area contributed by atoms with Crippen molar-refractivity contribution in [3.8, 4) is 0 Å². The first kappa shape index (κ1) is 12.9. The standard InChI is InChI=1S/C15H12ClFN2O/c16-11-2-4-13(14(17)6-11)15(20)19-7-9-1-3-12(18)5-10(9)8-19/h1-6H,7-8,18H2. The van der Waals surface area contributed by atoms with Crippen molar-refractivity contribution in [2.24, 2.45) is 0 Å². The predicted molar refractivity (Wildman–Crippen MR) is 75.8 cm³/mol. The molecule has 3 rings (SSSR count). The Morgan fingerprint density at radius 2 is 1.90 bits per heavy atom. The molecular weight excluding hydrogens is 279 g/mol. The highest BCUT2D eigenvalue weighted by atomic mass is 35.5. The third-order valence-electron chi connectivity index (χ3n) is 3.40. The summed E-state index contributed by atoms with van der Waals surface area (Å²) >= 11 is 5.69. The van der Waals surface area contributed by atoms with E-state index >= 15 is 0 Å². The first-order valence-corrected chi connectivity index (χ1v) is 6.54. The highest BCUT2D eigenvalue weighted by molar-refractivity contribution is 6.30. The second-order valence-electron chi connectivity index (χ2n) is 4.81. The number of amides is 1. The summed E-state index contributed by atoms with van der Waals surface area (Å²) in [6.45, 7) is 0.914. The molecule has 0 saturated carbocycles. The quantitative estimate of drug-likeness (QED) is 0.820. The molecule has 0 saturated heterocycles. The van der Waals surface area contributed by atoms with E-state index in [2.05, 4.69) is 0 Å². The fourth-order valence-corrected chi connectivity index (χ4v) is 2.55. The lowest BCUT2D eigenvalue weighted by Crippen LogP contribution is -2.26. The lowest BCUT2D eigenvalue weighted by Gasteiger charge is -2.15. The molecule has 0 unspecified atom stereocenters. The molecule has 0 atom stereocenters. The molecule has 20 heavy (non-hydrogen) atoms. The van der Waals surface area contributed by atoms with Gasteiger partial charge in [-0.25, -0.2) is 4.39 Å². The van der Waals surface area contributed by atoms with Crippen molar-refractivity contribution in [2.75, 3.05) is 5.73 Å². The minimum absolute atomic E-state index is 0.0372. The van der Waals surface area contributed by atoms with E-state index in [0.717, 1.165) is 17.2 Å². The zero-order chi connectivity index (χ0) is 14.3. The minimum Gasteiger partial charge on any atom is -0.399 e. The highest BCUT2D eigenvalue weighted by Gasteiger charge is 2.26. The summed E-state index contributed by atoms with van der Waals surface area (Å²) in [5.74, 6) is -0.938. The van der Waals surface area contributed by atoms with Gasteiger partial charge in [0.2, 0.25) is 0 Å². The van der Waals surface area contributed by atoms with Gasteiger partial charge in [0.05, 0.1) is 5.56 Å². The maximum Gasteiger partial charge on any atom is 0.257 e. The number of halogens is 2. The van der Waals surface area contributed by atoms with Gasteiger partial charge in [0.1, 0.15) is 5.82 Å². The van der Waals surface area contributed by atoms with E-state index in [-0.39, 0.29) is 16.5 Å². The Morgan fingerprint density at radius 3 is 2.65 bits per heavy atom. The van der Waals surface area contributed by atoms with Crippen LogP contribution in [0.25, 0.3) is 0 Å². The molecule has 0 aliphatic carbocycles. The summed E-state index contributed by atoms with van der Waals surface area (Å²) in [6.07, 6.45) is 0. The normalized spacial score (nSPS) is 13.4. The van der Waals surface area contributed by atoms with Crippen molar-refractivity contribution in [3.63, 3.8) is 0 Å². The average molecular weight is 291 g/mol. The first-order valence-electron chi connectivity index (χ1n) is 6.16. The van der Waals surface area contributed by atoms with Crippen LogP contribution in [0.2, 0.25) is 5.02 Å². The number of nitrogens with zero attached hydrogens (tertiary/aromatic N) is 1. The zero-order valence-electron chi connectivity index (χ0n) is 10.6. The van der Waals surface area contributed by atoms with Gasteiger partial charge in [-0.1, -0.05) is 17.7 Å². The topological polar surface area (TPSA) is 46.3 Å². The van der Waals surface area contributed by atoms with Crippen LogP contribution in [0.15, 0.2) is 36.4 Å². The molecule has 3 nitrogen and oxygen atoms in total. The summed E-state index contributed by atoms with van der Waals surface area (Å²) in [5, 5.41) is 0.275. The third-order valence-corrected chi connectivity index (χ3v) is 3.64. The number of hydrogen-bond acceptors (Lipinski definition) is 2. The van der Waals surface area contributed by atoms with Crippen LogP contribution in [0.4, 0.5) is 10.1 Å². The van der Waals surface area contributed by atoms with Gasteiger partial charge in [-0.3, -0.25) is 4.79 Å². The van der Waals surface area contributed by atoms with E-state index in [1.807, 2.05) is 12.1 Å². The molecule has 0 aromatic heterocycles. The molecule has 2 aromatic rings. The Balaban J connectivity index is 1.87. The molecule has 1 aliphatic heterocycles. The van der Waals surface area contributed by atoms with Crippen molar-refractivity contribution in [1.29, 1.82) is 0 Å². The number of nitrogen functional groups attached to an aromatic ring is 1. The van der Waals surface area contributed by atoms with Crippen LogP contribution in [-0.2, 0) is 13.1 Å². The van der Waals surface area contributed by atoms with Crippen molar-refractivity contribution in [1.82, 2.24) is 4.90 Å². The van der Waals surface area contributed by atoms with Crippen LogP contribution in [0, 0.1) is 5.82 Å². The number of carbonyl (C=O) groups excluding carboxylic acids is 1. The fraction of sp³-hybridized carbons (Fsp3) is 0.133. The zero-order valence-corrected chi connectivity index (χ0v) is 11.3. The Labute approximate surface area is 120 Å². The molecule has 2 aromatic carbocycles. The monoisotopic (exact) mass is 290 g/mol. The van der Waals surface area contributed by atoms with Crippen molar-refractivity contribution < 1.29 is 9.18 Å². The Hall–Kier alpha value is -2.07. The largest absolute Gasteiger partial charge is 0.399 e. The summed E-state index contributed by atoms with van der Waals surface area (Å²) in [7, 11) is 0. The number of benzene rings is 2. The summed E-state index contributed by atoms with van der Waals surface area (Å²) < 4.78 is 13.8. The molecule has 0 spiro atoms. The van der Waals surface area contributed by atoms with Crippen LogP contribution in [-0.4, -0.2) is 10.8 Å². The van der Waals surface area contributed by atoms with E-state index in [4.69, 9.17) is 17.3 Å². The average Bonchev–Trinajstić information content (AvgIpc) is 2.81. The Morgan fingerprint density at radius 1 is 1.15 bits per heavy atom. The smallest absolute Gasteiger partial charge is 0.257 e. The van der Waals surface area contributed by atoms with Crippen LogP contribution >= 0.6 is 11.6 Å². The summed E-state index contributed by atoms with van der Waals surface area (Å²) in [4.78, 5) is 13.9. The number of anilines is 1. The van der Waals surface area contributed by atoms with Gasteiger partial charge in [-0.15, -0.1) is 0 Å². The number of hydrogen-bond donors (Lipinski definition) is 1. The third kappa shape index (κ3) is 2.23. The molecular formula is C15H12ClFN2O. The van der Waals surface area contributed by atoms with Crippen LogP contribution in [0.1, 0.15) is 21.5 Å². The second-order valence-corrected chi connectivity index (χ2v) is 5.25. The van der Waals surface area contributed by atoms with Gasteiger partial charge in [0.25, 0.3) is 5.91 Å². The number of nitrogens with two attached hydrogens (primary N) is 1. The fourth-order valence-electron chi connectivity index (χ4n) is 2.39. The van der Waals surface area contributed by atoms with Gasteiger partial charge in [0, 0.05) is 23.8 Å². The van der Waals surface area contributed by atoms with E-state index < -0.39 is 5.82 Å². The van der Waals surface area contributed by atoms with Crippen molar-refractivity contribution in [3.05, 3.63) is 63.9 Å². The SMILES string of the molecule is Nc1ccc2c(c1)CN(C(=O)c1ccc(Cl)cc1F)C2. The predicted octanol–water partition coefficient (Wildman–Crippen LogP) is 3.22. The highest BCUT2D eigenvalue weighted by Crippen LogP contribution is 2.27. The van der Waals surface area contributed by atoms with Crippen LogP contribution in [0.5, 0.6) is 0 Å². The van der Waals surface area contributed by atoms with Gasteiger partial charge >= 0.3 is 0 Å². The summed E-state index contributed by atoms with van der Waals surface area (Å²) in [5.41, 5.74) is 8.48. The van der Waals surface area contributed by atoms with Gasteiger partial charge < -0.3 is 10.6 Å². The molecule has 0 fully saturated rings. The van der Waals surface area contributed by atoms with Crippen molar-refractivity contribution in [2.45, 2.75) is 13.1 Å². The Bertz CT molecular complexity index is 702. The summed E-state index contributed by atoms with van der Waals surface area (Å²) in [6, 6.07) is 9.62. The Kier molecular flexibility index (Phi) is 3.10. The molecule has 0 radical (unpaired) electrons. The minimum atomic E-state index is -0.599. The molecule has 102 valence electrons. The molecule has 2 N–H and O–H groups in total. The molecule has 5 heteroatoms. The lowest BCUT2D eigenvalue weighted by molar-refractivity contribution is 0.0746. The second kappa shape index (κ2) is 4.80. The molecule has 0 bridgehead atoms. The maximum atomic E-state index is 13.8. The number of rotatable bonds is 1. The van der Waals surface area contributed by atoms with Gasteiger partial charge in [-0.2, -0.15) is 0 Å². The molecule has 1 amide bonds. The van der Waals surface area contributed by atoms with E-state index in [0.29, 0.717) is 18.8 Å². The first-order chi connectivity index (χ1) is 9.54. The van der Waals surface area contributed by atoms with E-state index in [9.17, 15) is 9.18 Å². The number of fused-ring (bicyclic) bond motifs is 1.